The van der Waals surface area contributed by atoms with Crippen molar-refractivity contribution in [3.8, 4) is 0 Å². The van der Waals surface area contributed by atoms with Crippen LogP contribution < -0.4 is 10.6 Å². The second-order valence-corrected chi connectivity index (χ2v) is 7.22. The van der Waals surface area contributed by atoms with E-state index in [9.17, 15) is 9.59 Å². The minimum atomic E-state index is -0.419. The van der Waals surface area contributed by atoms with Gasteiger partial charge >= 0.3 is 0 Å². The third kappa shape index (κ3) is 6.20. The minimum absolute atomic E-state index is 0.0702. The normalized spacial score (nSPS) is 12.2. The molecular formula is C23H31N3O2. The summed E-state index contributed by atoms with van der Waals surface area (Å²) < 4.78 is 0. The van der Waals surface area contributed by atoms with E-state index < -0.39 is 6.04 Å². The van der Waals surface area contributed by atoms with Gasteiger partial charge in [-0.05, 0) is 38.4 Å². The fourth-order valence-electron chi connectivity index (χ4n) is 3.15. The molecule has 0 bridgehead atoms. The van der Waals surface area contributed by atoms with Crippen LogP contribution in [0, 0.1) is 0 Å². The van der Waals surface area contributed by atoms with Crippen molar-refractivity contribution in [2.45, 2.75) is 45.8 Å². The molecule has 0 radical (unpaired) electrons. The molecule has 150 valence electrons. The lowest BCUT2D eigenvalue weighted by Crippen LogP contribution is -2.50. The van der Waals surface area contributed by atoms with E-state index >= 15 is 0 Å². The molecule has 2 N–H and O–H groups in total. The van der Waals surface area contributed by atoms with Crippen molar-refractivity contribution in [3.05, 3.63) is 71.8 Å². The summed E-state index contributed by atoms with van der Waals surface area (Å²) in [4.78, 5) is 27.0. The van der Waals surface area contributed by atoms with Gasteiger partial charge < -0.3 is 10.6 Å². The lowest BCUT2D eigenvalue weighted by Gasteiger charge is -2.29. The molecule has 5 nitrogen and oxygen atoms in total. The minimum Gasteiger partial charge on any atom is -0.353 e. The number of carbonyl (C=O) groups is 2. The monoisotopic (exact) mass is 381 g/mol. The van der Waals surface area contributed by atoms with Gasteiger partial charge in [0.05, 0.1) is 18.6 Å². The molecule has 0 aromatic heterocycles. The molecular weight excluding hydrogens is 350 g/mol. The third-order valence-electron chi connectivity index (χ3n) is 4.68. The molecule has 0 aliphatic heterocycles. The predicted octanol–water partition coefficient (Wildman–Crippen LogP) is 3.13. The Morgan fingerprint density at radius 2 is 1.36 bits per heavy atom. The zero-order valence-corrected chi connectivity index (χ0v) is 17.2. The molecule has 0 spiro atoms. The molecule has 2 amide bonds. The number of likely N-dealkylation sites (N-methyl/N-ethyl adjacent to an activating group) is 1. The molecule has 28 heavy (non-hydrogen) atoms. The number of hydrogen-bond acceptors (Lipinski definition) is 3. The number of nitrogens with zero attached hydrogens (tertiary/aromatic N) is 1. The molecule has 2 aromatic carbocycles. The molecule has 2 aromatic rings. The van der Waals surface area contributed by atoms with Crippen LogP contribution in [0.1, 0.15) is 44.9 Å². The van der Waals surface area contributed by atoms with Crippen molar-refractivity contribution in [3.63, 3.8) is 0 Å². The number of rotatable bonds is 9. The summed E-state index contributed by atoms with van der Waals surface area (Å²) in [5, 5.41) is 6.05. The van der Waals surface area contributed by atoms with E-state index in [0.717, 1.165) is 11.1 Å². The quantitative estimate of drug-likeness (QED) is 0.702. The van der Waals surface area contributed by atoms with Crippen LogP contribution >= 0.6 is 0 Å². The summed E-state index contributed by atoms with van der Waals surface area (Å²) in [6.07, 6.45) is 0. The Bertz CT molecular complexity index is 707. The summed E-state index contributed by atoms with van der Waals surface area (Å²) in [5.41, 5.74) is 2.05. The summed E-state index contributed by atoms with van der Waals surface area (Å²) in [5.74, 6) is -0.170. The van der Waals surface area contributed by atoms with E-state index in [1.807, 2.05) is 93.3 Å². The second-order valence-electron chi connectivity index (χ2n) is 7.22. The van der Waals surface area contributed by atoms with Gasteiger partial charge in [0.15, 0.2) is 0 Å². The zero-order valence-electron chi connectivity index (χ0n) is 17.2. The maximum absolute atomic E-state index is 13.0. The van der Waals surface area contributed by atoms with Gasteiger partial charge in [0.2, 0.25) is 11.8 Å². The number of benzene rings is 2. The average Bonchev–Trinajstić information content (AvgIpc) is 2.70. The first-order chi connectivity index (χ1) is 13.4. The molecule has 0 fully saturated rings. The number of nitrogens with one attached hydrogen (secondary N) is 2. The van der Waals surface area contributed by atoms with Crippen molar-refractivity contribution in [1.29, 1.82) is 0 Å². The van der Waals surface area contributed by atoms with Gasteiger partial charge in [-0.15, -0.1) is 0 Å². The molecule has 0 aliphatic carbocycles. The molecule has 0 heterocycles. The van der Waals surface area contributed by atoms with Crippen molar-refractivity contribution in [1.82, 2.24) is 15.5 Å². The maximum atomic E-state index is 13.0. The van der Waals surface area contributed by atoms with Crippen molar-refractivity contribution < 1.29 is 9.59 Å². The van der Waals surface area contributed by atoms with Gasteiger partial charge in [-0.3, -0.25) is 14.5 Å². The number of hydrogen-bond donors (Lipinski definition) is 2. The van der Waals surface area contributed by atoms with Crippen LogP contribution in [0.15, 0.2) is 60.7 Å². The smallest absolute Gasteiger partial charge is 0.237 e. The van der Waals surface area contributed by atoms with E-state index in [4.69, 9.17) is 0 Å². The van der Waals surface area contributed by atoms with Crippen molar-refractivity contribution in [2.75, 3.05) is 13.1 Å². The largest absolute Gasteiger partial charge is 0.353 e. The Morgan fingerprint density at radius 1 is 0.857 bits per heavy atom. The SMILES string of the molecule is CCN(CC(=O)NC(C)C)C(C)C(=O)NC(c1ccccc1)c1ccccc1. The molecule has 5 heteroatoms. The number of amides is 2. The van der Waals surface area contributed by atoms with Crippen LogP contribution in [-0.2, 0) is 9.59 Å². The maximum Gasteiger partial charge on any atom is 0.237 e. The molecule has 1 unspecified atom stereocenters. The summed E-state index contributed by atoms with van der Waals surface area (Å²) in [6.45, 7) is 8.46. The van der Waals surface area contributed by atoms with E-state index in [0.29, 0.717) is 6.54 Å². The first kappa shape index (κ1) is 21.6. The fourth-order valence-corrected chi connectivity index (χ4v) is 3.15. The lowest BCUT2D eigenvalue weighted by atomic mass is 9.98. The molecule has 0 aliphatic rings. The number of carbonyl (C=O) groups excluding carboxylic acids is 2. The predicted molar refractivity (Wildman–Crippen MR) is 113 cm³/mol. The summed E-state index contributed by atoms with van der Waals surface area (Å²) >= 11 is 0. The highest BCUT2D eigenvalue weighted by Crippen LogP contribution is 2.22. The average molecular weight is 382 g/mol. The standard InChI is InChI=1S/C23H31N3O2/c1-5-26(16-21(27)24-17(2)3)18(4)23(28)25-22(19-12-8-6-9-13-19)20-14-10-7-11-15-20/h6-15,17-18,22H,5,16H2,1-4H3,(H,24,27)(H,25,28). The first-order valence-corrected chi connectivity index (χ1v) is 9.86. The van der Waals surface area contributed by atoms with Crippen LogP contribution in [-0.4, -0.2) is 41.9 Å². The van der Waals surface area contributed by atoms with E-state index in [2.05, 4.69) is 10.6 Å². The van der Waals surface area contributed by atoms with Gasteiger partial charge in [-0.25, -0.2) is 0 Å². The Labute approximate surface area is 168 Å². The Hall–Kier alpha value is -2.66. The summed E-state index contributed by atoms with van der Waals surface area (Å²) in [7, 11) is 0. The molecule has 0 saturated heterocycles. The van der Waals surface area contributed by atoms with Crippen molar-refractivity contribution >= 4 is 11.8 Å². The van der Waals surface area contributed by atoms with E-state index in [1.54, 1.807) is 0 Å². The second kappa shape index (κ2) is 10.6. The van der Waals surface area contributed by atoms with Crippen LogP contribution in [0.25, 0.3) is 0 Å². The molecule has 1 atom stereocenters. The lowest BCUT2D eigenvalue weighted by molar-refractivity contribution is -0.128. The van der Waals surface area contributed by atoms with E-state index in [1.165, 1.54) is 0 Å². The highest BCUT2D eigenvalue weighted by Gasteiger charge is 2.25. The molecule has 2 rings (SSSR count). The fraction of sp³-hybridized carbons (Fsp3) is 0.391. The van der Waals surface area contributed by atoms with Gasteiger partial charge in [0, 0.05) is 6.04 Å². The highest BCUT2D eigenvalue weighted by atomic mass is 16.2. The third-order valence-corrected chi connectivity index (χ3v) is 4.68. The van der Waals surface area contributed by atoms with Gasteiger partial charge in [0.25, 0.3) is 0 Å². The van der Waals surface area contributed by atoms with Crippen LogP contribution in [0.4, 0.5) is 0 Å². The molecule has 0 saturated carbocycles. The Balaban J connectivity index is 2.14. The first-order valence-electron chi connectivity index (χ1n) is 9.86. The van der Waals surface area contributed by atoms with Crippen LogP contribution in [0.3, 0.4) is 0 Å². The van der Waals surface area contributed by atoms with E-state index in [-0.39, 0.29) is 30.4 Å². The highest BCUT2D eigenvalue weighted by molar-refractivity contribution is 5.84. The zero-order chi connectivity index (χ0) is 20.5. The van der Waals surface area contributed by atoms with Crippen LogP contribution in [0.5, 0.6) is 0 Å². The summed E-state index contributed by atoms with van der Waals surface area (Å²) in [6, 6.07) is 19.3. The Morgan fingerprint density at radius 3 is 1.79 bits per heavy atom. The Kier molecular flexibility index (Phi) is 8.20. The topological polar surface area (TPSA) is 61.4 Å². The van der Waals surface area contributed by atoms with Gasteiger partial charge in [-0.2, -0.15) is 0 Å². The van der Waals surface area contributed by atoms with Gasteiger partial charge in [-0.1, -0.05) is 67.6 Å². The van der Waals surface area contributed by atoms with Crippen LogP contribution in [0.2, 0.25) is 0 Å². The van der Waals surface area contributed by atoms with Gasteiger partial charge in [0.1, 0.15) is 0 Å². The van der Waals surface area contributed by atoms with Crippen molar-refractivity contribution in [2.24, 2.45) is 0 Å².